The molecule has 0 radical (unpaired) electrons. The van der Waals surface area contributed by atoms with Crippen molar-refractivity contribution >= 4 is 40.0 Å². The van der Waals surface area contributed by atoms with Crippen molar-refractivity contribution in [2.24, 2.45) is 5.10 Å². The number of rotatable bonds is 6. The first-order chi connectivity index (χ1) is 23.1. The Hall–Kier alpha value is -5.29. The summed E-state index contributed by atoms with van der Waals surface area (Å²) in [5, 5.41) is 8.70. The van der Waals surface area contributed by atoms with Crippen molar-refractivity contribution in [3.63, 3.8) is 0 Å². The molecule has 0 aliphatic heterocycles. The number of halogens is 3. The van der Waals surface area contributed by atoms with Gasteiger partial charge in [0.15, 0.2) is 5.82 Å². The number of hydrogen-bond acceptors (Lipinski definition) is 5. The quantitative estimate of drug-likeness (QED) is 0.181. The van der Waals surface area contributed by atoms with Gasteiger partial charge in [0.1, 0.15) is 5.00 Å². The predicted molar refractivity (Wildman–Crippen MR) is 184 cm³/mol. The molecule has 0 saturated heterocycles. The van der Waals surface area contributed by atoms with Crippen LogP contribution < -0.4 is 10.9 Å². The van der Waals surface area contributed by atoms with Crippen LogP contribution in [0.5, 0.6) is 0 Å². The van der Waals surface area contributed by atoms with E-state index < -0.39 is 17.3 Å². The minimum atomic E-state index is -4.57. The van der Waals surface area contributed by atoms with E-state index in [1.807, 2.05) is 54.8 Å². The van der Waals surface area contributed by atoms with Gasteiger partial charge in [-0.3, -0.25) is 9.59 Å². The Morgan fingerprint density at radius 3 is 2.50 bits per heavy atom. The van der Waals surface area contributed by atoms with Crippen molar-refractivity contribution in [2.45, 2.75) is 45.7 Å². The van der Waals surface area contributed by atoms with Gasteiger partial charge in [0.05, 0.1) is 28.2 Å². The van der Waals surface area contributed by atoms with E-state index in [0.29, 0.717) is 22.3 Å². The maximum atomic E-state index is 13.8. The van der Waals surface area contributed by atoms with Gasteiger partial charge < -0.3 is 9.88 Å². The standard InChI is InChI=1S/C37H30F3N5O2S/c1-22-19-25(23(2)44(22)36-32(29-16-7-9-18-31(29)48-36)34(46)42-27-13-4-3-5-14-27)21-41-45-33(24-11-10-12-26(20-24)37(38,39)40)43-30-17-8-6-15-28(30)35(45)47/h3-6,8,10-15,17,19-21H,7,9,16,18H2,1-2H3,(H,42,46). The molecule has 7 rings (SSSR count). The third kappa shape index (κ3) is 5.74. The number of carbonyl (C=O) groups is 1. The SMILES string of the molecule is Cc1cc(C=Nn2c(-c3cccc(C(F)(F)F)c3)nc3ccccc3c2=O)c(C)n1-c1sc2c(c1C(=O)Nc1ccccc1)CCCC2. The Bertz CT molecular complexity index is 2280. The highest BCUT2D eigenvalue weighted by Gasteiger charge is 2.31. The van der Waals surface area contributed by atoms with Crippen LogP contribution in [-0.4, -0.2) is 26.3 Å². The zero-order chi connectivity index (χ0) is 33.6. The first-order valence-electron chi connectivity index (χ1n) is 15.5. The molecule has 0 unspecified atom stereocenters. The molecule has 0 spiro atoms. The van der Waals surface area contributed by atoms with E-state index >= 15 is 0 Å². The Balaban J connectivity index is 1.33. The molecule has 0 bridgehead atoms. The molecule has 0 atom stereocenters. The predicted octanol–water partition coefficient (Wildman–Crippen LogP) is 8.56. The molecule has 1 amide bonds. The minimum Gasteiger partial charge on any atom is -0.322 e. The molecule has 1 aliphatic rings. The van der Waals surface area contributed by atoms with Crippen LogP contribution in [0, 0.1) is 13.8 Å². The summed E-state index contributed by atoms with van der Waals surface area (Å²) in [6.07, 6.45) is 0.764. The van der Waals surface area contributed by atoms with E-state index in [2.05, 4.69) is 15.4 Å². The Kier molecular flexibility index (Phi) is 8.08. The molecule has 242 valence electrons. The molecule has 0 fully saturated rings. The zero-order valence-corrected chi connectivity index (χ0v) is 27.0. The van der Waals surface area contributed by atoms with Gasteiger partial charge in [-0.15, -0.1) is 11.3 Å². The molecular formula is C37H30F3N5O2S. The molecular weight excluding hydrogens is 636 g/mol. The number of alkyl halides is 3. The zero-order valence-electron chi connectivity index (χ0n) is 26.1. The van der Waals surface area contributed by atoms with Crippen molar-refractivity contribution in [1.82, 2.24) is 14.2 Å². The summed E-state index contributed by atoms with van der Waals surface area (Å²) in [6, 6.07) is 22.6. The Morgan fingerprint density at radius 1 is 0.958 bits per heavy atom. The fraction of sp³-hybridized carbons (Fsp3) is 0.189. The third-order valence-electron chi connectivity index (χ3n) is 8.60. The van der Waals surface area contributed by atoms with Crippen LogP contribution in [0.2, 0.25) is 0 Å². The van der Waals surface area contributed by atoms with Crippen LogP contribution in [0.1, 0.15) is 56.2 Å². The number of fused-ring (bicyclic) bond motifs is 2. The molecule has 11 heteroatoms. The molecule has 3 aromatic carbocycles. The summed E-state index contributed by atoms with van der Waals surface area (Å²) < 4.78 is 44.0. The lowest BCUT2D eigenvalue weighted by Crippen LogP contribution is -2.20. The second-order valence-corrected chi connectivity index (χ2v) is 12.8. The fourth-order valence-electron chi connectivity index (χ4n) is 6.26. The summed E-state index contributed by atoms with van der Waals surface area (Å²) in [4.78, 5) is 33.3. The van der Waals surface area contributed by atoms with Gasteiger partial charge in [-0.25, -0.2) is 4.98 Å². The number of anilines is 1. The Morgan fingerprint density at radius 2 is 1.71 bits per heavy atom. The van der Waals surface area contributed by atoms with Crippen molar-refractivity contribution in [1.29, 1.82) is 0 Å². The van der Waals surface area contributed by atoms with Crippen molar-refractivity contribution in [3.8, 4) is 16.4 Å². The topological polar surface area (TPSA) is 81.3 Å². The first kappa shape index (κ1) is 31.3. The van der Waals surface area contributed by atoms with Crippen molar-refractivity contribution < 1.29 is 18.0 Å². The molecule has 3 aromatic heterocycles. The van der Waals surface area contributed by atoms with E-state index in [0.717, 1.165) is 64.4 Å². The molecule has 3 heterocycles. The fourth-order valence-corrected chi connectivity index (χ4v) is 7.76. The number of hydrogen-bond donors (Lipinski definition) is 1. The van der Waals surface area contributed by atoms with Gasteiger partial charge in [-0.05, 0) is 87.6 Å². The van der Waals surface area contributed by atoms with Gasteiger partial charge in [0, 0.05) is 33.1 Å². The van der Waals surface area contributed by atoms with Gasteiger partial charge in [0.2, 0.25) is 0 Å². The smallest absolute Gasteiger partial charge is 0.322 e. The highest BCUT2D eigenvalue weighted by atomic mass is 32.1. The van der Waals surface area contributed by atoms with Gasteiger partial charge in [-0.2, -0.15) is 22.9 Å². The number of aryl methyl sites for hydroxylation is 2. The third-order valence-corrected chi connectivity index (χ3v) is 9.88. The van der Waals surface area contributed by atoms with E-state index in [1.54, 1.807) is 35.6 Å². The average Bonchev–Trinajstić information content (AvgIpc) is 3.59. The maximum absolute atomic E-state index is 13.8. The van der Waals surface area contributed by atoms with E-state index in [9.17, 15) is 22.8 Å². The molecule has 1 N–H and O–H groups in total. The summed E-state index contributed by atoms with van der Waals surface area (Å²) >= 11 is 1.62. The first-order valence-corrected chi connectivity index (χ1v) is 16.4. The molecule has 1 aliphatic carbocycles. The maximum Gasteiger partial charge on any atom is 0.416 e. The van der Waals surface area contributed by atoms with Gasteiger partial charge in [0.25, 0.3) is 11.5 Å². The second-order valence-electron chi connectivity index (χ2n) is 11.8. The lowest BCUT2D eigenvalue weighted by atomic mass is 9.95. The highest BCUT2D eigenvalue weighted by molar-refractivity contribution is 7.15. The monoisotopic (exact) mass is 665 g/mol. The van der Waals surface area contributed by atoms with Crippen LogP contribution in [0.25, 0.3) is 27.3 Å². The summed E-state index contributed by atoms with van der Waals surface area (Å²) in [5.74, 6) is -0.182. The van der Waals surface area contributed by atoms with Crippen LogP contribution >= 0.6 is 11.3 Å². The second kappa shape index (κ2) is 12.4. The lowest BCUT2D eigenvalue weighted by molar-refractivity contribution is -0.137. The molecule has 7 nitrogen and oxygen atoms in total. The summed E-state index contributed by atoms with van der Waals surface area (Å²) in [6.45, 7) is 3.86. The van der Waals surface area contributed by atoms with Crippen molar-refractivity contribution in [2.75, 3.05) is 5.32 Å². The highest BCUT2D eigenvalue weighted by Crippen LogP contribution is 2.39. The van der Waals surface area contributed by atoms with Gasteiger partial charge in [-0.1, -0.05) is 42.5 Å². The van der Waals surface area contributed by atoms with Crippen molar-refractivity contribution in [3.05, 3.63) is 134 Å². The number of nitrogens with one attached hydrogen (secondary N) is 1. The Labute approximate surface area is 278 Å². The number of aromatic nitrogens is 3. The van der Waals surface area contributed by atoms with Crippen LogP contribution in [0.4, 0.5) is 18.9 Å². The van der Waals surface area contributed by atoms with Crippen LogP contribution in [0.15, 0.2) is 94.8 Å². The van der Waals surface area contributed by atoms with E-state index in [-0.39, 0.29) is 22.7 Å². The molecule has 0 saturated carbocycles. The number of nitrogens with zero attached hydrogens (tertiary/aromatic N) is 4. The molecule has 6 aromatic rings. The van der Waals surface area contributed by atoms with E-state index in [1.165, 1.54) is 23.2 Å². The number of thiophene rings is 1. The largest absolute Gasteiger partial charge is 0.416 e. The lowest BCUT2D eigenvalue weighted by Gasteiger charge is -2.14. The van der Waals surface area contributed by atoms with Crippen LogP contribution in [0.3, 0.4) is 0 Å². The average molecular weight is 666 g/mol. The molecule has 48 heavy (non-hydrogen) atoms. The summed E-state index contributed by atoms with van der Waals surface area (Å²) in [7, 11) is 0. The summed E-state index contributed by atoms with van der Waals surface area (Å²) in [5.41, 5.74) is 3.89. The number of benzene rings is 3. The minimum absolute atomic E-state index is 0.0133. The number of para-hydroxylation sites is 2. The van der Waals surface area contributed by atoms with E-state index in [4.69, 9.17) is 0 Å². The van der Waals surface area contributed by atoms with Gasteiger partial charge >= 0.3 is 6.18 Å². The van der Waals surface area contributed by atoms with Crippen LogP contribution in [-0.2, 0) is 19.0 Å². The normalized spacial score (nSPS) is 13.3. The number of amides is 1. The number of carbonyl (C=O) groups excluding carboxylic acids is 1.